The lowest BCUT2D eigenvalue weighted by molar-refractivity contribution is -0.128. The third-order valence-corrected chi connectivity index (χ3v) is 3.39. The van der Waals surface area contributed by atoms with E-state index in [0.29, 0.717) is 28.4 Å². The van der Waals surface area contributed by atoms with Crippen molar-refractivity contribution >= 4 is 18.0 Å². The zero-order chi connectivity index (χ0) is 19.6. The normalized spacial score (nSPS) is 10.1. The molecule has 7 heteroatoms. The van der Waals surface area contributed by atoms with Crippen LogP contribution in [0.5, 0.6) is 17.2 Å². The van der Waals surface area contributed by atoms with Crippen LogP contribution in [0.2, 0.25) is 0 Å². The Morgan fingerprint density at radius 3 is 2.44 bits per heavy atom. The summed E-state index contributed by atoms with van der Waals surface area (Å²) in [6, 6.07) is 12.9. The summed E-state index contributed by atoms with van der Waals surface area (Å²) < 4.78 is 20.2. The first-order valence-electron chi connectivity index (χ1n) is 7.83. The maximum atomic E-state index is 11.9. The van der Waals surface area contributed by atoms with Gasteiger partial charge in [0.2, 0.25) is 0 Å². The van der Waals surface area contributed by atoms with Gasteiger partial charge in [0.1, 0.15) is 11.8 Å². The van der Waals surface area contributed by atoms with Crippen LogP contribution in [0, 0.1) is 11.3 Å². The van der Waals surface area contributed by atoms with Crippen molar-refractivity contribution < 1.29 is 28.5 Å². The number of rotatable bonds is 7. The molecule has 2 aromatic rings. The summed E-state index contributed by atoms with van der Waals surface area (Å²) in [7, 11) is 2.77. The molecule has 0 unspecified atom stereocenters. The van der Waals surface area contributed by atoms with E-state index in [0.717, 1.165) is 0 Å². The van der Waals surface area contributed by atoms with Gasteiger partial charge in [-0.1, -0.05) is 6.07 Å². The molecule has 27 heavy (non-hydrogen) atoms. The van der Waals surface area contributed by atoms with Gasteiger partial charge in [-0.2, -0.15) is 5.26 Å². The first kappa shape index (κ1) is 19.5. The number of ether oxygens (including phenoxy) is 4. The van der Waals surface area contributed by atoms with Gasteiger partial charge in [0.25, 0.3) is 0 Å². The van der Waals surface area contributed by atoms with Gasteiger partial charge in [0, 0.05) is 6.08 Å². The molecular formula is C20H17NO6. The zero-order valence-corrected chi connectivity index (χ0v) is 14.8. The van der Waals surface area contributed by atoms with Crippen LogP contribution < -0.4 is 14.2 Å². The van der Waals surface area contributed by atoms with Gasteiger partial charge < -0.3 is 18.9 Å². The Morgan fingerprint density at radius 2 is 1.81 bits per heavy atom. The topological polar surface area (TPSA) is 94.9 Å². The Bertz CT molecular complexity index is 880. The van der Waals surface area contributed by atoms with Crippen molar-refractivity contribution in [1.29, 1.82) is 5.26 Å². The van der Waals surface area contributed by atoms with Crippen molar-refractivity contribution in [1.82, 2.24) is 0 Å². The number of carbonyl (C=O) groups is 2. The fourth-order valence-corrected chi connectivity index (χ4v) is 2.11. The number of nitriles is 1. The highest BCUT2D eigenvalue weighted by molar-refractivity contribution is 5.90. The van der Waals surface area contributed by atoms with E-state index < -0.39 is 11.9 Å². The monoisotopic (exact) mass is 367 g/mol. The van der Waals surface area contributed by atoms with Gasteiger partial charge in [0.15, 0.2) is 18.1 Å². The van der Waals surface area contributed by atoms with Crippen molar-refractivity contribution in [3.63, 3.8) is 0 Å². The van der Waals surface area contributed by atoms with E-state index in [1.54, 1.807) is 24.3 Å². The van der Waals surface area contributed by atoms with E-state index in [-0.39, 0.29) is 6.61 Å². The average Bonchev–Trinajstić information content (AvgIpc) is 2.70. The smallest absolute Gasteiger partial charge is 0.337 e. The standard InChI is InChI=1S/C20H17NO6/c1-24-18-13-14(3-9-17(18)26-12-11-21)4-10-19(22)27-16-7-5-15(6-8-16)20(23)25-2/h3-10,13H,12H2,1-2H3/b10-4-. The van der Waals surface area contributed by atoms with Crippen LogP contribution >= 0.6 is 0 Å². The minimum Gasteiger partial charge on any atom is -0.493 e. The lowest BCUT2D eigenvalue weighted by atomic mass is 10.2. The van der Waals surface area contributed by atoms with Crippen molar-refractivity contribution in [2.24, 2.45) is 0 Å². The molecule has 0 saturated heterocycles. The molecule has 7 nitrogen and oxygen atoms in total. The Kier molecular flexibility index (Phi) is 6.97. The van der Waals surface area contributed by atoms with Crippen LogP contribution in [0.4, 0.5) is 0 Å². The van der Waals surface area contributed by atoms with E-state index >= 15 is 0 Å². The predicted octanol–water partition coefficient (Wildman–Crippen LogP) is 3.00. The number of nitrogens with zero attached hydrogens (tertiary/aromatic N) is 1. The molecule has 0 aliphatic heterocycles. The van der Waals surface area contributed by atoms with Gasteiger partial charge in [-0.05, 0) is 48.0 Å². The molecule has 0 amide bonds. The average molecular weight is 367 g/mol. The Morgan fingerprint density at radius 1 is 1.07 bits per heavy atom. The predicted molar refractivity (Wildman–Crippen MR) is 96.6 cm³/mol. The third kappa shape index (κ3) is 5.61. The van der Waals surface area contributed by atoms with E-state index in [2.05, 4.69) is 4.74 Å². The van der Waals surface area contributed by atoms with Crippen LogP contribution in [-0.2, 0) is 9.53 Å². The number of methoxy groups -OCH3 is 2. The first-order valence-corrected chi connectivity index (χ1v) is 7.83. The minimum absolute atomic E-state index is 0.0906. The first-order chi connectivity index (χ1) is 13.1. The van der Waals surface area contributed by atoms with Crippen LogP contribution in [0.15, 0.2) is 48.5 Å². The molecule has 138 valence electrons. The quantitative estimate of drug-likeness (QED) is 0.422. The molecule has 0 aromatic heterocycles. The SMILES string of the molecule is COC(=O)c1ccc(OC(=O)/C=C\c2ccc(OCC#N)c(OC)c2)cc1. The summed E-state index contributed by atoms with van der Waals surface area (Å²) in [6.07, 6.45) is 2.82. The molecule has 2 rings (SSSR count). The van der Waals surface area contributed by atoms with Crippen LogP contribution in [0.1, 0.15) is 15.9 Å². The second-order valence-electron chi connectivity index (χ2n) is 5.13. The Balaban J connectivity index is 2.01. The summed E-state index contributed by atoms with van der Waals surface area (Å²) in [5, 5.41) is 8.57. The molecule has 0 atom stereocenters. The molecule has 0 aliphatic rings. The number of benzene rings is 2. The van der Waals surface area contributed by atoms with Crippen molar-refractivity contribution in [3.8, 4) is 23.3 Å². The largest absolute Gasteiger partial charge is 0.493 e. The van der Waals surface area contributed by atoms with Crippen molar-refractivity contribution in [3.05, 3.63) is 59.7 Å². The summed E-state index contributed by atoms with van der Waals surface area (Å²) in [4.78, 5) is 23.3. The summed E-state index contributed by atoms with van der Waals surface area (Å²) in [5.74, 6) is 0.132. The van der Waals surface area contributed by atoms with Crippen molar-refractivity contribution in [2.45, 2.75) is 0 Å². The lowest BCUT2D eigenvalue weighted by Crippen LogP contribution is -2.05. The summed E-state index contributed by atoms with van der Waals surface area (Å²) >= 11 is 0. The number of hydrogen-bond donors (Lipinski definition) is 0. The Labute approximate surface area is 156 Å². The molecule has 2 aromatic carbocycles. The Hall–Kier alpha value is -3.79. The molecule has 0 saturated carbocycles. The maximum Gasteiger partial charge on any atom is 0.337 e. The fourth-order valence-electron chi connectivity index (χ4n) is 2.11. The molecule has 0 aliphatic carbocycles. The molecule has 0 spiro atoms. The minimum atomic E-state index is -0.579. The second-order valence-corrected chi connectivity index (χ2v) is 5.13. The zero-order valence-electron chi connectivity index (χ0n) is 14.8. The highest BCUT2D eigenvalue weighted by Crippen LogP contribution is 2.28. The molecular weight excluding hydrogens is 350 g/mol. The fraction of sp³-hybridized carbons (Fsp3) is 0.150. The molecule has 0 fully saturated rings. The van der Waals surface area contributed by atoms with Crippen LogP contribution in [0.3, 0.4) is 0 Å². The molecule has 0 radical (unpaired) electrons. The van der Waals surface area contributed by atoms with Gasteiger partial charge in [-0.3, -0.25) is 0 Å². The summed E-state index contributed by atoms with van der Waals surface area (Å²) in [5.41, 5.74) is 1.05. The van der Waals surface area contributed by atoms with Gasteiger partial charge in [-0.25, -0.2) is 9.59 Å². The molecule has 0 heterocycles. The number of carbonyl (C=O) groups excluding carboxylic acids is 2. The lowest BCUT2D eigenvalue weighted by Gasteiger charge is -2.08. The van der Waals surface area contributed by atoms with Gasteiger partial charge >= 0.3 is 11.9 Å². The molecule has 0 bridgehead atoms. The van der Waals surface area contributed by atoms with Gasteiger partial charge in [0.05, 0.1) is 19.8 Å². The number of esters is 2. The summed E-state index contributed by atoms with van der Waals surface area (Å²) in [6.45, 7) is -0.0906. The number of hydrogen-bond acceptors (Lipinski definition) is 7. The van der Waals surface area contributed by atoms with Gasteiger partial charge in [-0.15, -0.1) is 0 Å². The highest BCUT2D eigenvalue weighted by Gasteiger charge is 2.07. The maximum absolute atomic E-state index is 11.9. The second kappa shape index (κ2) is 9.63. The van der Waals surface area contributed by atoms with E-state index in [9.17, 15) is 9.59 Å². The molecule has 0 N–H and O–H groups in total. The third-order valence-electron chi connectivity index (χ3n) is 3.39. The highest BCUT2D eigenvalue weighted by atomic mass is 16.5. The van der Waals surface area contributed by atoms with E-state index in [4.69, 9.17) is 19.5 Å². The van der Waals surface area contributed by atoms with E-state index in [1.807, 2.05) is 6.07 Å². The van der Waals surface area contributed by atoms with Crippen LogP contribution in [0.25, 0.3) is 6.08 Å². The van der Waals surface area contributed by atoms with Crippen LogP contribution in [-0.4, -0.2) is 32.8 Å². The van der Waals surface area contributed by atoms with Crippen molar-refractivity contribution in [2.75, 3.05) is 20.8 Å². The van der Waals surface area contributed by atoms with E-state index in [1.165, 1.54) is 44.6 Å².